The molecule has 1 aromatic carbocycles. The number of hydrogen-bond donors (Lipinski definition) is 1. The van der Waals surface area contributed by atoms with Gasteiger partial charge in [0.2, 0.25) is 0 Å². The van der Waals surface area contributed by atoms with Crippen molar-refractivity contribution in [3.8, 4) is 0 Å². The normalized spacial score (nSPS) is 15.7. The molecule has 0 aliphatic heterocycles. The number of benzene rings is 1. The predicted molar refractivity (Wildman–Crippen MR) is 119 cm³/mol. The Morgan fingerprint density at radius 3 is 2.37 bits per heavy atom. The van der Waals surface area contributed by atoms with Crippen molar-refractivity contribution in [2.24, 2.45) is 0 Å². The van der Waals surface area contributed by atoms with E-state index in [9.17, 15) is 5.11 Å². The summed E-state index contributed by atoms with van der Waals surface area (Å²) in [4.78, 5) is 0. The van der Waals surface area contributed by atoms with Crippen molar-refractivity contribution < 1.29 is 5.11 Å². The monoisotopic (exact) mass is 362 g/mol. The second-order valence-corrected chi connectivity index (χ2v) is 7.76. The molecule has 1 aliphatic rings. The van der Waals surface area contributed by atoms with Crippen LogP contribution in [-0.4, -0.2) is 5.11 Å². The van der Waals surface area contributed by atoms with Gasteiger partial charge in [0.15, 0.2) is 0 Å². The van der Waals surface area contributed by atoms with Crippen LogP contribution in [0.5, 0.6) is 0 Å². The summed E-state index contributed by atoms with van der Waals surface area (Å²) >= 11 is 0. The Kier molecular flexibility index (Phi) is 7.47. The molecule has 0 fully saturated rings. The summed E-state index contributed by atoms with van der Waals surface area (Å²) in [5.74, 6) is 0. The molecule has 0 bridgehead atoms. The zero-order chi connectivity index (χ0) is 20.0. The van der Waals surface area contributed by atoms with Crippen LogP contribution in [0.2, 0.25) is 0 Å². The van der Waals surface area contributed by atoms with E-state index in [1.807, 2.05) is 0 Å². The highest BCUT2D eigenvalue weighted by Gasteiger charge is 2.22. The van der Waals surface area contributed by atoms with Gasteiger partial charge in [0.05, 0.1) is 6.26 Å². The zero-order valence-electron chi connectivity index (χ0n) is 17.7. The first-order chi connectivity index (χ1) is 12.9. The number of aliphatic hydroxyl groups excluding tert-OH is 1. The van der Waals surface area contributed by atoms with Crippen molar-refractivity contribution in [1.29, 1.82) is 0 Å². The van der Waals surface area contributed by atoms with Gasteiger partial charge in [-0.1, -0.05) is 54.5 Å². The highest BCUT2D eigenvalue weighted by Crippen LogP contribution is 2.42. The van der Waals surface area contributed by atoms with E-state index in [0.717, 1.165) is 24.7 Å². The first kappa shape index (κ1) is 21.0. The van der Waals surface area contributed by atoms with E-state index in [2.05, 4.69) is 65.5 Å². The molecule has 1 nitrogen and oxygen atoms in total. The Bertz CT molecular complexity index is 824. The van der Waals surface area contributed by atoms with Gasteiger partial charge in [0.25, 0.3) is 0 Å². The quantitative estimate of drug-likeness (QED) is 0.401. The molecule has 0 radical (unpaired) electrons. The third-order valence-electron chi connectivity index (χ3n) is 5.42. The smallest absolute Gasteiger partial charge is 0.0797 e. The molecule has 0 spiro atoms. The summed E-state index contributed by atoms with van der Waals surface area (Å²) in [7, 11) is 0. The van der Waals surface area contributed by atoms with Crippen molar-refractivity contribution in [2.45, 2.75) is 66.7 Å². The lowest BCUT2D eigenvalue weighted by molar-refractivity contribution is 0.473. The molecule has 0 heterocycles. The summed E-state index contributed by atoms with van der Waals surface area (Å²) in [5.41, 5.74) is 11.6. The summed E-state index contributed by atoms with van der Waals surface area (Å²) in [6.07, 6.45) is 8.54. The fourth-order valence-electron chi connectivity index (χ4n) is 4.12. The molecule has 1 N–H and O–H groups in total. The van der Waals surface area contributed by atoms with Crippen molar-refractivity contribution in [2.75, 3.05) is 0 Å². The minimum Gasteiger partial charge on any atom is -0.516 e. The molecule has 1 heteroatoms. The van der Waals surface area contributed by atoms with Gasteiger partial charge < -0.3 is 5.11 Å². The van der Waals surface area contributed by atoms with E-state index in [0.29, 0.717) is 0 Å². The third kappa shape index (κ3) is 4.91. The van der Waals surface area contributed by atoms with Gasteiger partial charge in [0.1, 0.15) is 0 Å². The molecule has 0 saturated carbocycles. The van der Waals surface area contributed by atoms with Gasteiger partial charge in [0, 0.05) is 0 Å². The Balaban J connectivity index is 2.86. The average Bonchev–Trinajstić information content (AvgIpc) is 2.62. The SMILES string of the molecule is C=C(/C=C/O)/C(CC)=C(\C(=C(C)C)C1=C(C)CCCC1)c1cccc(C)c1. The summed E-state index contributed by atoms with van der Waals surface area (Å²) in [5, 5.41) is 9.33. The fourth-order valence-corrected chi connectivity index (χ4v) is 4.12. The van der Waals surface area contributed by atoms with E-state index < -0.39 is 0 Å². The lowest BCUT2D eigenvalue weighted by Crippen LogP contribution is -2.07. The van der Waals surface area contributed by atoms with Crippen LogP contribution < -0.4 is 0 Å². The highest BCUT2D eigenvalue weighted by molar-refractivity contribution is 5.89. The predicted octanol–water partition coefficient (Wildman–Crippen LogP) is 8.01. The first-order valence-electron chi connectivity index (χ1n) is 10.1. The van der Waals surface area contributed by atoms with Gasteiger partial charge in [-0.05, 0) is 99.3 Å². The van der Waals surface area contributed by atoms with Gasteiger partial charge in [-0.25, -0.2) is 0 Å². The third-order valence-corrected chi connectivity index (χ3v) is 5.42. The van der Waals surface area contributed by atoms with E-state index in [1.54, 1.807) is 6.08 Å². The van der Waals surface area contributed by atoms with Gasteiger partial charge in [-0.15, -0.1) is 0 Å². The lowest BCUT2D eigenvalue weighted by atomic mass is 9.78. The zero-order valence-corrected chi connectivity index (χ0v) is 17.7. The minimum absolute atomic E-state index is 0.871. The molecular weight excluding hydrogens is 328 g/mol. The molecule has 27 heavy (non-hydrogen) atoms. The Labute approximate surface area is 165 Å². The maximum Gasteiger partial charge on any atom is 0.0797 e. The molecule has 0 amide bonds. The topological polar surface area (TPSA) is 20.2 Å². The van der Waals surface area contributed by atoms with Crippen LogP contribution in [0.25, 0.3) is 5.57 Å². The first-order valence-corrected chi connectivity index (χ1v) is 10.1. The maximum atomic E-state index is 9.33. The molecule has 0 atom stereocenters. The molecule has 144 valence electrons. The molecule has 0 aromatic heterocycles. The van der Waals surface area contributed by atoms with Crippen LogP contribution in [0, 0.1) is 6.92 Å². The summed E-state index contributed by atoms with van der Waals surface area (Å²) in [6.45, 7) is 15.3. The Hall–Kier alpha value is -2.28. The number of allylic oxidation sites excluding steroid dienone is 8. The molecule has 1 aromatic rings. The van der Waals surface area contributed by atoms with Crippen molar-refractivity contribution in [3.63, 3.8) is 0 Å². The second-order valence-electron chi connectivity index (χ2n) is 7.76. The largest absolute Gasteiger partial charge is 0.516 e. The summed E-state index contributed by atoms with van der Waals surface area (Å²) < 4.78 is 0. The molecule has 0 saturated heterocycles. The van der Waals surface area contributed by atoms with E-state index in [-0.39, 0.29) is 0 Å². The number of aryl methyl sites for hydroxylation is 1. The minimum atomic E-state index is 0.871. The number of rotatable bonds is 6. The van der Waals surface area contributed by atoms with Crippen molar-refractivity contribution in [3.05, 3.63) is 87.7 Å². The molecule has 1 aliphatic carbocycles. The van der Waals surface area contributed by atoms with Gasteiger partial charge in [-0.2, -0.15) is 0 Å². The van der Waals surface area contributed by atoms with Crippen LogP contribution in [-0.2, 0) is 0 Å². The molecular formula is C26H34O. The maximum absolute atomic E-state index is 9.33. The highest BCUT2D eigenvalue weighted by atomic mass is 16.2. The van der Waals surface area contributed by atoms with Crippen molar-refractivity contribution >= 4 is 5.57 Å². The summed E-state index contributed by atoms with van der Waals surface area (Å²) in [6, 6.07) is 8.74. The van der Waals surface area contributed by atoms with E-state index in [4.69, 9.17) is 0 Å². The molecule has 0 unspecified atom stereocenters. The average molecular weight is 363 g/mol. The van der Waals surface area contributed by atoms with Crippen LogP contribution in [0.3, 0.4) is 0 Å². The van der Waals surface area contributed by atoms with E-state index in [1.165, 1.54) is 63.8 Å². The van der Waals surface area contributed by atoms with Crippen LogP contribution in [0.4, 0.5) is 0 Å². The number of hydrogen-bond acceptors (Lipinski definition) is 1. The van der Waals surface area contributed by atoms with Crippen molar-refractivity contribution in [1.82, 2.24) is 0 Å². The van der Waals surface area contributed by atoms with Crippen LogP contribution >= 0.6 is 0 Å². The molecule has 2 rings (SSSR count). The lowest BCUT2D eigenvalue weighted by Gasteiger charge is -2.27. The van der Waals surface area contributed by atoms with Crippen LogP contribution in [0.1, 0.15) is 70.9 Å². The second kappa shape index (κ2) is 9.60. The standard InChI is InChI=1S/C26H34O/c1-7-23(21(6)15-16-27)26(22-13-10-11-19(4)17-22)25(18(2)3)24-14-9-8-12-20(24)5/h10-11,13,15-17,27H,6-9,12,14H2,1-5H3/b16-15+,26-23-. The Morgan fingerprint density at radius 1 is 1.11 bits per heavy atom. The van der Waals surface area contributed by atoms with Gasteiger partial charge >= 0.3 is 0 Å². The van der Waals surface area contributed by atoms with Gasteiger partial charge in [-0.3, -0.25) is 0 Å². The fraction of sp³-hybridized carbons (Fsp3) is 0.385. The Morgan fingerprint density at radius 2 is 1.81 bits per heavy atom. The number of aliphatic hydroxyl groups is 1. The van der Waals surface area contributed by atoms with E-state index >= 15 is 0 Å². The van der Waals surface area contributed by atoms with Crippen LogP contribution in [0.15, 0.2) is 76.6 Å².